The summed E-state index contributed by atoms with van der Waals surface area (Å²) >= 11 is 3.38. The van der Waals surface area contributed by atoms with Gasteiger partial charge in [0.2, 0.25) is 0 Å². The van der Waals surface area contributed by atoms with Gasteiger partial charge in [0.25, 0.3) is 0 Å². The predicted molar refractivity (Wildman–Crippen MR) is 79.1 cm³/mol. The molecule has 1 aromatic rings. The third-order valence-electron chi connectivity index (χ3n) is 3.99. The number of carbonyl (C=O) groups is 1. The number of rotatable bonds is 3. The molecule has 1 saturated heterocycles. The maximum absolute atomic E-state index is 13.2. The van der Waals surface area contributed by atoms with Crippen LogP contribution in [0.25, 0.3) is 0 Å². The highest BCUT2D eigenvalue weighted by atomic mass is 79.9. The van der Waals surface area contributed by atoms with Crippen LogP contribution in [0.5, 0.6) is 0 Å². The van der Waals surface area contributed by atoms with E-state index in [0.717, 1.165) is 31.4 Å². The summed E-state index contributed by atoms with van der Waals surface area (Å²) in [6, 6.07) is 4.07. The van der Waals surface area contributed by atoms with E-state index in [0.29, 0.717) is 10.9 Å². The topological polar surface area (TPSA) is 40.5 Å². The molecule has 3 nitrogen and oxygen atoms in total. The highest BCUT2D eigenvalue weighted by Crippen LogP contribution is 2.32. The first kappa shape index (κ1) is 15.4. The Morgan fingerprint density at radius 1 is 1.45 bits per heavy atom. The Balaban J connectivity index is 2.28. The van der Waals surface area contributed by atoms with E-state index >= 15 is 0 Å². The number of hydrogen-bond donors (Lipinski definition) is 1. The molecule has 0 amide bonds. The van der Waals surface area contributed by atoms with Crippen LogP contribution in [0.15, 0.2) is 22.7 Å². The van der Waals surface area contributed by atoms with Gasteiger partial charge in [-0.2, -0.15) is 0 Å². The van der Waals surface area contributed by atoms with E-state index < -0.39 is 12.0 Å². The summed E-state index contributed by atoms with van der Waals surface area (Å²) < 4.78 is 13.9. The standard InChI is InChI=1S/C15H19BrFNO2/c1-10(12-7-6-11(17)9-13(12)16)18-8-4-2-3-5-14(18)15(19)20/h6-7,9-10,14H,2-5,8H2,1H3,(H,19,20). The Morgan fingerprint density at radius 2 is 2.20 bits per heavy atom. The second-order valence-corrected chi connectivity index (χ2v) is 6.14. The minimum Gasteiger partial charge on any atom is -0.480 e. The Kier molecular flexibility index (Phi) is 5.16. The molecule has 1 N–H and O–H groups in total. The summed E-state index contributed by atoms with van der Waals surface area (Å²) in [4.78, 5) is 13.5. The van der Waals surface area contributed by atoms with Crippen molar-refractivity contribution in [2.24, 2.45) is 0 Å². The van der Waals surface area contributed by atoms with Gasteiger partial charge in [0.1, 0.15) is 11.9 Å². The van der Waals surface area contributed by atoms with Crippen LogP contribution in [-0.2, 0) is 4.79 Å². The minimum absolute atomic E-state index is 0.0517. The number of carboxylic acid groups (broad SMARTS) is 1. The second kappa shape index (κ2) is 6.68. The van der Waals surface area contributed by atoms with E-state index in [1.165, 1.54) is 12.1 Å². The van der Waals surface area contributed by atoms with Crippen LogP contribution < -0.4 is 0 Å². The molecule has 0 aromatic heterocycles. The zero-order valence-corrected chi connectivity index (χ0v) is 13.1. The summed E-state index contributed by atoms with van der Waals surface area (Å²) in [5.41, 5.74) is 0.930. The lowest BCUT2D eigenvalue weighted by Gasteiger charge is -2.33. The second-order valence-electron chi connectivity index (χ2n) is 5.28. The number of carboxylic acids is 1. The molecule has 0 spiro atoms. The van der Waals surface area contributed by atoms with Crippen LogP contribution in [0.3, 0.4) is 0 Å². The number of likely N-dealkylation sites (tertiary alicyclic amines) is 1. The molecule has 0 saturated carbocycles. The molecule has 2 unspecified atom stereocenters. The zero-order valence-electron chi connectivity index (χ0n) is 11.5. The molecular weight excluding hydrogens is 325 g/mol. The number of aliphatic carboxylic acids is 1. The van der Waals surface area contributed by atoms with Crippen molar-refractivity contribution in [3.8, 4) is 0 Å². The monoisotopic (exact) mass is 343 g/mol. The van der Waals surface area contributed by atoms with E-state index in [4.69, 9.17) is 0 Å². The largest absolute Gasteiger partial charge is 0.480 e. The van der Waals surface area contributed by atoms with Crippen LogP contribution in [0.4, 0.5) is 4.39 Å². The fraction of sp³-hybridized carbons (Fsp3) is 0.533. The number of hydrogen-bond acceptors (Lipinski definition) is 2. The van der Waals surface area contributed by atoms with Gasteiger partial charge in [0.05, 0.1) is 0 Å². The van der Waals surface area contributed by atoms with Gasteiger partial charge in [-0.15, -0.1) is 0 Å². The maximum Gasteiger partial charge on any atom is 0.320 e. The first-order chi connectivity index (χ1) is 9.50. The minimum atomic E-state index is -0.767. The fourth-order valence-corrected chi connectivity index (χ4v) is 3.56. The van der Waals surface area contributed by atoms with Crippen molar-refractivity contribution in [2.75, 3.05) is 6.54 Å². The highest BCUT2D eigenvalue weighted by Gasteiger charge is 2.31. The summed E-state index contributed by atoms with van der Waals surface area (Å²) in [5.74, 6) is -1.06. The van der Waals surface area contributed by atoms with Crippen molar-refractivity contribution in [1.29, 1.82) is 0 Å². The van der Waals surface area contributed by atoms with Gasteiger partial charge in [-0.25, -0.2) is 4.39 Å². The molecule has 0 bridgehead atoms. The molecule has 2 atom stereocenters. The van der Waals surface area contributed by atoms with E-state index in [9.17, 15) is 14.3 Å². The molecule has 5 heteroatoms. The van der Waals surface area contributed by atoms with Crippen LogP contribution in [0, 0.1) is 5.82 Å². The third-order valence-corrected chi connectivity index (χ3v) is 4.68. The zero-order chi connectivity index (χ0) is 14.7. The van der Waals surface area contributed by atoms with Crippen LogP contribution >= 0.6 is 15.9 Å². The number of halogens is 2. The molecule has 2 rings (SSSR count). The summed E-state index contributed by atoms with van der Waals surface area (Å²) in [7, 11) is 0. The number of benzene rings is 1. The Hall–Kier alpha value is -0.940. The Bertz CT molecular complexity index is 495. The molecule has 1 fully saturated rings. The van der Waals surface area contributed by atoms with Crippen LogP contribution in [-0.4, -0.2) is 28.6 Å². The summed E-state index contributed by atoms with van der Waals surface area (Å²) in [6.45, 7) is 2.75. The lowest BCUT2D eigenvalue weighted by Crippen LogP contribution is -2.42. The van der Waals surface area contributed by atoms with E-state index in [-0.39, 0.29) is 11.9 Å². The summed E-state index contributed by atoms with van der Waals surface area (Å²) in [6.07, 6.45) is 3.70. The van der Waals surface area contributed by atoms with Gasteiger partial charge in [-0.05, 0) is 44.0 Å². The van der Waals surface area contributed by atoms with Crippen molar-refractivity contribution >= 4 is 21.9 Å². The van der Waals surface area contributed by atoms with E-state index in [1.54, 1.807) is 6.07 Å². The highest BCUT2D eigenvalue weighted by molar-refractivity contribution is 9.10. The van der Waals surface area contributed by atoms with E-state index in [2.05, 4.69) is 15.9 Å². The molecule has 1 aliphatic rings. The lowest BCUT2D eigenvalue weighted by molar-refractivity contribution is -0.144. The lowest BCUT2D eigenvalue weighted by atomic mass is 10.0. The number of nitrogens with zero attached hydrogens (tertiary/aromatic N) is 1. The summed E-state index contributed by atoms with van der Waals surface area (Å²) in [5, 5.41) is 9.43. The molecule has 110 valence electrons. The van der Waals surface area contributed by atoms with Gasteiger partial charge in [-0.3, -0.25) is 9.69 Å². The molecule has 20 heavy (non-hydrogen) atoms. The van der Waals surface area contributed by atoms with Crippen LogP contribution in [0.2, 0.25) is 0 Å². The first-order valence-corrected chi connectivity index (χ1v) is 7.73. The van der Waals surface area contributed by atoms with Crippen molar-refractivity contribution in [1.82, 2.24) is 4.90 Å². The quantitative estimate of drug-likeness (QED) is 0.902. The molecule has 0 aliphatic carbocycles. The van der Waals surface area contributed by atoms with Crippen LogP contribution in [0.1, 0.15) is 44.2 Å². The first-order valence-electron chi connectivity index (χ1n) is 6.94. The van der Waals surface area contributed by atoms with Gasteiger partial charge in [-0.1, -0.05) is 34.8 Å². The van der Waals surface area contributed by atoms with Crippen molar-refractivity contribution in [3.63, 3.8) is 0 Å². The Labute approximate surface area is 126 Å². The predicted octanol–water partition coefficient (Wildman–Crippen LogP) is 3.98. The normalized spacial score (nSPS) is 22.2. The SMILES string of the molecule is CC(c1ccc(F)cc1Br)N1CCCCCC1C(=O)O. The maximum atomic E-state index is 13.2. The molecule has 1 aliphatic heterocycles. The smallest absolute Gasteiger partial charge is 0.320 e. The average Bonchev–Trinajstić information content (AvgIpc) is 2.63. The van der Waals surface area contributed by atoms with Crippen molar-refractivity contribution in [2.45, 2.75) is 44.7 Å². The Morgan fingerprint density at radius 3 is 2.85 bits per heavy atom. The third kappa shape index (κ3) is 3.38. The fourth-order valence-electron chi connectivity index (χ4n) is 2.88. The van der Waals surface area contributed by atoms with Gasteiger partial charge >= 0.3 is 5.97 Å². The van der Waals surface area contributed by atoms with Gasteiger partial charge < -0.3 is 5.11 Å². The molecular formula is C15H19BrFNO2. The van der Waals surface area contributed by atoms with Gasteiger partial charge in [0.15, 0.2) is 0 Å². The molecule has 1 aromatic carbocycles. The van der Waals surface area contributed by atoms with Crippen molar-refractivity contribution < 1.29 is 14.3 Å². The average molecular weight is 344 g/mol. The molecule has 1 heterocycles. The molecule has 0 radical (unpaired) electrons. The van der Waals surface area contributed by atoms with Crippen molar-refractivity contribution in [3.05, 3.63) is 34.1 Å². The van der Waals surface area contributed by atoms with E-state index in [1.807, 2.05) is 11.8 Å². The van der Waals surface area contributed by atoms with Gasteiger partial charge in [0, 0.05) is 10.5 Å².